The Morgan fingerprint density at radius 2 is 1.88 bits per heavy atom. The van der Waals surface area contributed by atoms with E-state index in [-0.39, 0.29) is 0 Å². The molecule has 0 atom stereocenters. The van der Waals surface area contributed by atoms with Gasteiger partial charge in [0.05, 0.1) is 0 Å². The van der Waals surface area contributed by atoms with Gasteiger partial charge in [0, 0.05) is 16.8 Å². The maximum absolute atomic E-state index is 5.87. The number of anilines is 1. The minimum Gasteiger partial charge on any atom is -0.457 e. The van der Waals surface area contributed by atoms with Crippen LogP contribution in [0, 0.1) is 6.92 Å². The third kappa shape index (κ3) is 2.67. The first-order chi connectivity index (χ1) is 7.63. The van der Waals surface area contributed by atoms with Crippen LogP contribution in [0.3, 0.4) is 0 Å². The number of benzene rings is 2. The Bertz CT molecular complexity index is 491. The molecule has 0 aromatic heterocycles. The van der Waals surface area contributed by atoms with Gasteiger partial charge in [0.2, 0.25) is 0 Å². The molecule has 0 saturated heterocycles. The predicted molar refractivity (Wildman–Crippen MR) is 67.1 cm³/mol. The zero-order chi connectivity index (χ0) is 11.5. The maximum atomic E-state index is 5.87. The van der Waals surface area contributed by atoms with E-state index in [1.807, 2.05) is 31.2 Å². The fraction of sp³-hybridized carbons (Fsp3) is 0.0769. The van der Waals surface area contributed by atoms with E-state index in [4.69, 9.17) is 22.1 Å². The summed E-state index contributed by atoms with van der Waals surface area (Å²) in [6.07, 6.45) is 0. The number of nitrogen functional groups attached to an aromatic ring is 1. The van der Waals surface area contributed by atoms with Crippen molar-refractivity contribution in [3.63, 3.8) is 0 Å². The normalized spacial score (nSPS) is 10.1. The van der Waals surface area contributed by atoms with Crippen molar-refractivity contribution in [2.45, 2.75) is 6.92 Å². The van der Waals surface area contributed by atoms with Gasteiger partial charge in [-0.15, -0.1) is 0 Å². The van der Waals surface area contributed by atoms with Crippen LogP contribution in [-0.2, 0) is 0 Å². The van der Waals surface area contributed by atoms with Gasteiger partial charge in [-0.05, 0) is 42.8 Å². The summed E-state index contributed by atoms with van der Waals surface area (Å²) in [6.45, 7) is 1.97. The summed E-state index contributed by atoms with van der Waals surface area (Å²) in [7, 11) is 0. The van der Waals surface area contributed by atoms with Crippen molar-refractivity contribution in [3.8, 4) is 11.5 Å². The van der Waals surface area contributed by atoms with Crippen LogP contribution in [0.2, 0.25) is 5.02 Å². The standard InChI is InChI=1S/C13H12ClNO/c1-9-5-11(15)8-13(6-9)16-12-4-2-3-10(14)7-12/h2-8H,15H2,1H3. The molecule has 2 aromatic carbocycles. The topological polar surface area (TPSA) is 35.2 Å². The molecule has 16 heavy (non-hydrogen) atoms. The molecule has 0 unspecified atom stereocenters. The van der Waals surface area contributed by atoms with Crippen LogP contribution in [0.4, 0.5) is 5.69 Å². The molecule has 2 aromatic rings. The number of nitrogens with two attached hydrogens (primary N) is 1. The number of aryl methyl sites for hydroxylation is 1. The average molecular weight is 234 g/mol. The highest BCUT2D eigenvalue weighted by atomic mass is 35.5. The van der Waals surface area contributed by atoms with Crippen LogP contribution in [-0.4, -0.2) is 0 Å². The van der Waals surface area contributed by atoms with E-state index in [0.29, 0.717) is 16.5 Å². The summed E-state index contributed by atoms with van der Waals surface area (Å²) in [4.78, 5) is 0. The maximum Gasteiger partial charge on any atom is 0.129 e. The smallest absolute Gasteiger partial charge is 0.129 e. The van der Waals surface area contributed by atoms with Crippen molar-refractivity contribution < 1.29 is 4.74 Å². The molecule has 82 valence electrons. The number of hydrogen-bond acceptors (Lipinski definition) is 2. The molecule has 0 aliphatic carbocycles. The quantitative estimate of drug-likeness (QED) is 0.795. The number of hydrogen-bond donors (Lipinski definition) is 1. The predicted octanol–water partition coefficient (Wildman–Crippen LogP) is 4.02. The average Bonchev–Trinajstić information content (AvgIpc) is 2.15. The second kappa shape index (κ2) is 4.45. The number of halogens is 1. The molecule has 0 heterocycles. The zero-order valence-corrected chi connectivity index (χ0v) is 9.66. The summed E-state index contributed by atoms with van der Waals surface area (Å²) in [5.74, 6) is 1.43. The van der Waals surface area contributed by atoms with Gasteiger partial charge in [0.15, 0.2) is 0 Å². The molecule has 2 nitrogen and oxygen atoms in total. The van der Waals surface area contributed by atoms with Crippen molar-refractivity contribution >= 4 is 17.3 Å². The lowest BCUT2D eigenvalue weighted by Gasteiger charge is -2.07. The van der Waals surface area contributed by atoms with Gasteiger partial charge in [0.1, 0.15) is 11.5 Å². The molecule has 3 heteroatoms. The van der Waals surface area contributed by atoms with E-state index >= 15 is 0 Å². The van der Waals surface area contributed by atoms with E-state index in [0.717, 1.165) is 11.3 Å². The van der Waals surface area contributed by atoms with Crippen molar-refractivity contribution in [3.05, 3.63) is 53.1 Å². The van der Waals surface area contributed by atoms with Gasteiger partial charge in [-0.25, -0.2) is 0 Å². The van der Waals surface area contributed by atoms with Gasteiger partial charge in [-0.1, -0.05) is 17.7 Å². The molecule has 0 amide bonds. The minimum atomic E-state index is 0.651. The third-order valence-electron chi connectivity index (χ3n) is 2.10. The highest BCUT2D eigenvalue weighted by molar-refractivity contribution is 6.30. The van der Waals surface area contributed by atoms with E-state index in [1.54, 1.807) is 18.2 Å². The van der Waals surface area contributed by atoms with Crippen molar-refractivity contribution in [1.82, 2.24) is 0 Å². The first-order valence-corrected chi connectivity index (χ1v) is 5.32. The van der Waals surface area contributed by atoms with Crippen LogP contribution in [0.15, 0.2) is 42.5 Å². The van der Waals surface area contributed by atoms with Crippen molar-refractivity contribution in [2.24, 2.45) is 0 Å². The summed E-state index contributed by atoms with van der Waals surface area (Å²) in [5, 5.41) is 0.651. The molecule has 0 aliphatic rings. The van der Waals surface area contributed by atoms with Crippen molar-refractivity contribution in [2.75, 3.05) is 5.73 Å². The SMILES string of the molecule is Cc1cc(N)cc(Oc2cccc(Cl)c2)c1. The van der Waals surface area contributed by atoms with Gasteiger partial charge in [-0.2, -0.15) is 0 Å². The molecule has 0 spiro atoms. The highest BCUT2D eigenvalue weighted by Gasteiger charge is 2.00. The number of rotatable bonds is 2. The minimum absolute atomic E-state index is 0.651. The highest BCUT2D eigenvalue weighted by Crippen LogP contribution is 2.26. The lowest BCUT2D eigenvalue weighted by Crippen LogP contribution is -1.89. The fourth-order valence-corrected chi connectivity index (χ4v) is 1.68. The van der Waals surface area contributed by atoms with Gasteiger partial charge >= 0.3 is 0 Å². The van der Waals surface area contributed by atoms with E-state index in [2.05, 4.69) is 0 Å². The van der Waals surface area contributed by atoms with Crippen LogP contribution in [0.5, 0.6) is 11.5 Å². The van der Waals surface area contributed by atoms with Gasteiger partial charge in [-0.3, -0.25) is 0 Å². The summed E-state index contributed by atoms with van der Waals surface area (Å²) in [6, 6.07) is 12.9. The Hall–Kier alpha value is -1.67. The molecule has 0 saturated carbocycles. The second-order valence-electron chi connectivity index (χ2n) is 3.64. The van der Waals surface area contributed by atoms with Gasteiger partial charge < -0.3 is 10.5 Å². The first kappa shape index (κ1) is 10.8. The molecule has 0 bridgehead atoms. The lowest BCUT2D eigenvalue weighted by molar-refractivity contribution is 0.482. The van der Waals surface area contributed by atoms with E-state index in [9.17, 15) is 0 Å². The summed E-state index contributed by atoms with van der Waals surface area (Å²) < 4.78 is 5.66. The zero-order valence-electron chi connectivity index (χ0n) is 8.91. The largest absolute Gasteiger partial charge is 0.457 e. The van der Waals surface area contributed by atoms with Crippen LogP contribution in [0.1, 0.15) is 5.56 Å². The van der Waals surface area contributed by atoms with Crippen molar-refractivity contribution in [1.29, 1.82) is 0 Å². The molecule has 2 rings (SSSR count). The second-order valence-corrected chi connectivity index (χ2v) is 4.08. The van der Waals surface area contributed by atoms with E-state index < -0.39 is 0 Å². The Morgan fingerprint density at radius 3 is 2.56 bits per heavy atom. The summed E-state index contributed by atoms with van der Waals surface area (Å²) >= 11 is 5.87. The Balaban J connectivity index is 2.27. The lowest BCUT2D eigenvalue weighted by atomic mass is 10.2. The fourth-order valence-electron chi connectivity index (χ4n) is 1.50. The Morgan fingerprint density at radius 1 is 1.06 bits per heavy atom. The third-order valence-corrected chi connectivity index (χ3v) is 2.34. The summed E-state index contributed by atoms with van der Waals surface area (Å²) in [5.41, 5.74) is 7.50. The van der Waals surface area contributed by atoms with Gasteiger partial charge in [0.25, 0.3) is 0 Å². The first-order valence-electron chi connectivity index (χ1n) is 4.94. The molecule has 0 radical (unpaired) electrons. The number of ether oxygens (including phenoxy) is 1. The Labute approximate surface area is 99.6 Å². The van der Waals surface area contributed by atoms with Crippen LogP contribution in [0.25, 0.3) is 0 Å². The molecule has 0 aliphatic heterocycles. The molecular formula is C13H12ClNO. The van der Waals surface area contributed by atoms with Crippen LogP contribution < -0.4 is 10.5 Å². The van der Waals surface area contributed by atoms with Crippen LogP contribution >= 0.6 is 11.6 Å². The van der Waals surface area contributed by atoms with E-state index in [1.165, 1.54) is 0 Å². The molecule has 0 fully saturated rings. The molecular weight excluding hydrogens is 222 g/mol. The molecule has 2 N–H and O–H groups in total. The Kier molecular flexibility index (Phi) is 3.02. The monoisotopic (exact) mass is 233 g/mol.